The summed E-state index contributed by atoms with van der Waals surface area (Å²) in [6.45, 7) is 4.29. The molecule has 3 rings (SSSR count). The lowest BCUT2D eigenvalue weighted by molar-refractivity contribution is 0.0950. The maximum atomic E-state index is 13.1. The highest BCUT2D eigenvalue weighted by molar-refractivity contribution is 7.89. The van der Waals surface area contributed by atoms with Crippen molar-refractivity contribution in [2.24, 2.45) is 0 Å². The van der Waals surface area contributed by atoms with Crippen LogP contribution in [-0.2, 0) is 16.6 Å². The Bertz CT molecular complexity index is 970. The molecule has 6 nitrogen and oxygen atoms in total. The third-order valence-electron chi connectivity index (χ3n) is 4.93. The molecular formula is C20H24ClN3O3S. The summed E-state index contributed by atoms with van der Waals surface area (Å²) >= 11 is 6.12. The second-order valence-corrected chi connectivity index (χ2v) is 9.28. The summed E-state index contributed by atoms with van der Waals surface area (Å²) in [5.41, 5.74) is 1.74. The highest BCUT2D eigenvalue weighted by Crippen LogP contribution is 2.23. The molecule has 1 aliphatic heterocycles. The summed E-state index contributed by atoms with van der Waals surface area (Å²) in [5.74, 6) is -0.338. The van der Waals surface area contributed by atoms with Gasteiger partial charge in [0.25, 0.3) is 5.91 Å². The number of rotatable bonds is 5. The van der Waals surface area contributed by atoms with Crippen LogP contribution in [0.5, 0.6) is 0 Å². The van der Waals surface area contributed by atoms with E-state index in [0.717, 1.165) is 5.56 Å². The van der Waals surface area contributed by atoms with E-state index in [1.165, 1.54) is 10.4 Å². The number of halogens is 1. The average Bonchev–Trinajstić information content (AvgIpc) is 2.67. The maximum Gasteiger partial charge on any atom is 0.251 e. The summed E-state index contributed by atoms with van der Waals surface area (Å²) in [7, 11) is -1.67. The fourth-order valence-electron chi connectivity index (χ4n) is 3.11. The van der Waals surface area contributed by atoms with E-state index in [9.17, 15) is 13.2 Å². The Morgan fingerprint density at radius 2 is 1.79 bits per heavy atom. The number of hydrogen-bond donors (Lipinski definition) is 1. The lowest BCUT2D eigenvalue weighted by Crippen LogP contribution is -2.47. The molecule has 0 aliphatic carbocycles. The molecule has 0 bridgehead atoms. The Morgan fingerprint density at radius 3 is 2.46 bits per heavy atom. The Labute approximate surface area is 171 Å². The molecule has 0 atom stereocenters. The number of benzene rings is 2. The number of carbonyl (C=O) groups is 1. The number of aryl methyl sites for hydroxylation is 1. The molecule has 0 saturated carbocycles. The van der Waals surface area contributed by atoms with Crippen LogP contribution in [0.3, 0.4) is 0 Å². The van der Waals surface area contributed by atoms with Gasteiger partial charge in [-0.1, -0.05) is 35.9 Å². The third-order valence-corrected chi connectivity index (χ3v) is 7.34. The highest BCUT2D eigenvalue weighted by Gasteiger charge is 2.29. The molecule has 1 saturated heterocycles. The molecule has 1 amide bonds. The first-order chi connectivity index (χ1) is 13.3. The number of piperazine rings is 1. The largest absolute Gasteiger partial charge is 0.348 e. The lowest BCUT2D eigenvalue weighted by Gasteiger charge is -2.32. The van der Waals surface area contributed by atoms with Crippen LogP contribution < -0.4 is 5.32 Å². The Kier molecular flexibility index (Phi) is 6.40. The second-order valence-electron chi connectivity index (χ2n) is 6.96. The van der Waals surface area contributed by atoms with E-state index in [1.54, 1.807) is 25.1 Å². The molecule has 150 valence electrons. The average molecular weight is 422 g/mol. The van der Waals surface area contributed by atoms with Crippen molar-refractivity contribution < 1.29 is 13.2 Å². The van der Waals surface area contributed by atoms with Gasteiger partial charge in [0.2, 0.25) is 10.0 Å². The fraction of sp³-hybridized carbons (Fsp3) is 0.350. The number of hydrogen-bond acceptors (Lipinski definition) is 4. The van der Waals surface area contributed by atoms with Crippen molar-refractivity contribution in [1.29, 1.82) is 0 Å². The van der Waals surface area contributed by atoms with Gasteiger partial charge in [-0.15, -0.1) is 0 Å². The predicted octanol–water partition coefficient (Wildman–Crippen LogP) is 2.51. The number of likely N-dealkylation sites (N-methyl/N-ethyl adjacent to an activating group) is 1. The Hall–Kier alpha value is -1.93. The van der Waals surface area contributed by atoms with Crippen molar-refractivity contribution in [3.8, 4) is 0 Å². The van der Waals surface area contributed by atoms with E-state index in [0.29, 0.717) is 42.3 Å². The van der Waals surface area contributed by atoms with Crippen LogP contribution in [-0.4, -0.2) is 56.8 Å². The minimum atomic E-state index is -3.64. The standard InChI is InChI=1S/C20H24ClN3O3S/c1-15-7-8-16(20(25)22-14-17-5-3-4-6-18(17)21)13-19(15)28(26,27)24-11-9-23(2)10-12-24/h3-8,13H,9-12,14H2,1-2H3,(H,22,25). The third kappa shape index (κ3) is 4.55. The predicted molar refractivity (Wildman–Crippen MR) is 110 cm³/mol. The van der Waals surface area contributed by atoms with Gasteiger partial charge in [-0.25, -0.2) is 8.42 Å². The minimum Gasteiger partial charge on any atom is -0.348 e. The molecule has 8 heteroatoms. The molecular weight excluding hydrogens is 398 g/mol. The van der Waals surface area contributed by atoms with Gasteiger partial charge >= 0.3 is 0 Å². The molecule has 0 unspecified atom stereocenters. The van der Waals surface area contributed by atoms with Gasteiger partial charge in [0.1, 0.15) is 0 Å². The van der Waals surface area contributed by atoms with Crippen molar-refractivity contribution in [3.63, 3.8) is 0 Å². The van der Waals surface area contributed by atoms with Gasteiger partial charge in [0.05, 0.1) is 4.90 Å². The lowest BCUT2D eigenvalue weighted by atomic mass is 10.1. The van der Waals surface area contributed by atoms with Crippen LogP contribution in [0.4, 0.5) is 0 Å². The summed E-state index contributed by atoms with van der Waals surface area (Å²) in [6, 6.07) is 12.0. The molecule has 2 aromatic rings. The SMILES string of the molecule is Cc1ccc(C(=O)NCc2ccccc2Cl)cc1S(=O)(=O)N1CCN(C)CC1. The number of carbonyl (C=O) groups excluding carboxylic acids is 1. The first-order valence-electron chi connectivity index (χ1n) is 9.10. The van der Waals surface area contributed by atoms with Crippen molar-refractivity contribution >= 4 is 27.5 Å². The van der Waals surface area contributed by atoms with Gasteiger partial charge < -0.3 is 10.2 Å². The van der Waals surface area contributed by atoms with E-state index in [4.69, 9.17) is 11.6 Å². The van der Waals surface area contributed by atoms with Gasteiger partial charge in [0, 0.05) is 43.3 Å². The van der Waals surface area contributed by atoms with Gasteiger partial charge in [0.15, 0.2) is 0 Å². The molecule has 28 heavy (non-hydrogen) atoms. The Morgan fingerprint density at radius 1 is 1.11 bits per heavy atom. The number of nitrogens with zero attached hydrogens (tertiary/aromatic N) is 2. The number of amides is 1. The first-order valence-corrected chi connectivity index (χ1v) is 10.9. The summed E-state index contributed by atoms with van der Waals surface area (Å²) < 4.78 is 27.6. The van der Waals surface area contributed by atoms with E-state index in [-0.39, 0.29) is 17.3 Å². The molecule has 0 aromatic heterocycles. The molecule has 1 N–H and O–H groups in total. The zero-order valence-corrected chi connectivity index (χ0v) is 17.6. The van der Waals surface area contributed by atoms with Crippen molar-refractivity contribution in [2.75, 3.05) is 33.2 Å². The fourth-order valence-corrected chi connectivity index (χ4v) is 4.98. The maximum absolute atomic E-state index is 13.1. The normalized spacial score (nSPS) is 16.1. The van der Waals surface area contributed by atoms with Crippen molar-refractivity contribution in [3.05, 3.63) is 64.2 Å². The zero-order valence-electron chi connectivity index (χ0n) is 16.0. The zero-order chi connectivity index (χ0) is 20.3. The topological polar surface area (TPSA) is 69.7 Å². The Balaban J connectivity index is 1.79. The summed E-state index contributed by atoms with van der Waals surface area (Å²) in [6.07, 6.45) is 0. The van der Waals surface area contributed by atoms with Crippen LogP contribution >= 0.6 is 11.6 Å². The molecule has 0 spiro atoms. The minimum absolute atomic E-state index is 0.183. The quantitative estimate of drug-likeness (QED) is 0.805. The second kappa shape index (κ2) is 8.61. The van der Waals surface area contributed by atoms with Crippen LogP contribution in [0.1, 0.15) is 21.5 Å². The van der Waals surface area contributed by atoms with E-state index < -0.39 is 10.0 Å². The van der Waals surface area contributed by atoms with Gasteiger partial charge in [-0.2, -0.15) is 4.31 Å². The van der Waals surface area contributed by atoms with Crippen LogP contribution in [0.2, 0.25) is 5.02 Å². The number of sulfonamides is 1. The smallest absolute Gasteiger partial charge is 0.251 e. The van der Waals surface area contributed by atoms with Crippen LogP contribution in [0, 0.1) is 6.92 Å². The summed E-state index contributed by atoms with van der Waals surface area (Å²) in [4.78, 5) is 14.8. The monoisotopic (exact) mass is 421 g/mol. The van der Waals surface area contributed by atoms with Crippen molar-refractivity contribution in [2.45, 2.75) is 18.4 Å². The van der Waals surface area contributed by atoms with Gasteiger partial charge in [-0.3, -0.25) is 4.79 Å². The van der Waals surface area contributed by atoms with Gasteiger partial charge in [-0.05, 0) is 43.3 Å². The van der Waals surface area contributed by atoms with E-state index in [1.807, 2.05) is 25.2 Å². The first kappa shape index (κ1) is 20.8. The molecule has 1 aliphatic rings. The summed E-state index contributed by atoms with van der Waals surface area (Å²) in [5, 5.41) is 3.38. The number of nitrogens with one attached hydrogen (secondary N) is 1. The molecule has 0 radical (unpaired) electrons. The van der Waals surface area contributed by atoms with Crippen molar-refractivity contribution in [1.82, 2.24) is 14.5 Å². The molecule has 1 fully saturated rings. The van der Waals surface area contributed by atoms with Crippen LogP contribution in [0.15, 0.2) is 47.4 Å². The van der Waals surface area contributed by atoms with Crippen LogP contribution in [0.25, 0.3) is 0 Å². The van der Waals surface area contributed by atoms with E-state index in [2.05, 4.69) is 10.2 Å². The van der Waals surface area contributed by atoms with E-state index >= 15 is 0 Å². The highest BCUT2D eigenvalue weighted by atomic mass is 35.5. The molecule has 1 heterocycles. The molecule has 2 aromatic carbocycles.